The third-order valence-corrected chi connectivity index (χ3v) is 2.93. The van der Waals surface area contributed by atoms with Crippen LogP contribution in [0, 0.1) is 6.92 Å². The van der Waals surface area contributed by atoms with E-state index in [4.69, 9.17) is 0 Å². The monoisotopic (exact) mass is 242 g/mol. The Labute approximate surface area is 107 Å². The molecule has 0 bridgehead atoms. The van der Waals surface area contributed by atoms with Crippen molar-refractivity contribution in [2.24, 2.45) is 0 Å². The molecule has 0 atom stereocenters. The number of aryl methyl sites for hydroxylation is 1. The number of benzene rings is 1. The normalized spacial score (nSPS) is 11.3. The molecule has 0 amide bonds. The molecule has 1 heterocycles. The molecule has 3 nitrogen and oxygen atoms in total. The molecule has 0 aliphatic rings. The number of imidazole rings is 1. The molecule has 0 aliphatic heterocycles. The Hall–Kier alpha value is -1.87. The highest BCUT2D eigenvalue weighted by Gasteiger charge is 2.09. The van der Waals surface area contributed by atoms with E-state index in [2.05, 4.69) is 42.2 Å². The number of aromatic nitrogens is 2. The summed E-state index contributed by atoms with van der Waals surface area (Å²) in [5, 5.41) is 9.34. The molecular weight excluding hydrogens is 224 g/mol. The van der Waals surface area contributed by atoms with E-state index in [0.29, 0.717) is 0 Å². The molecule has 0 saturated carbocycles. The first kappa shape index (κ1) is 12.6. The largest absolute Gasteiger partial charge is 0.390 e. The van der Waals surface area contributed by atoms with Crippen LogP contribution in [0.25, 0.3) is 11.4 Å². The lowest BCUT2D eigenvalue weighted by molar-refractivity contribution is 0.272. The maximum atomic E-state index is 9.34. The topological polar surface area (TPSA) is 38.0 Å². The van der Waals surface area contributed by atoms with Crippen molar-refractivity contribution in [2.75, 3.05) is 0 Å². The molecular formula is C15H18N2O. The predicted molar refractivity (Wildman–Crippen MR) is 73.1 cm³/mol. The van der Waals surface area contributed by atoms with Crippen LogP contribution in [0.15, 0.2) is 42.6 Å². The van der Waals surface area contributed by atoms with Crippen molar-refractivity contribution >= 4 is 0 Å². The molecule has 0 unspecified atom stereocenters. The molecule has 1 aromatic carbocycles. The van der Waals surface area contributed by atoms with E-state index in [1.54, 1.807) is 6.20 Å². The van der Waals surface area contributed by atoms with Crippen LogP contribution in [-0.2, 0) is 13.2 Å². The van der Waals surface area contributed by atoms with Gasteiger partial charge in [0, 0.05) is 12.1 Å². The molecule has 1 N–H and O–H groups in total. The van der Waals surface area contributed by atoms with E-state index in [1.807, 2.05) is 17.6 Å². The number of hydrogen-bond donors (Lipinski definition) is 1. The van der Waals surface area contributed by atoms with Gasteiger partial charge in [0.15, 0.2) is 0 Å². The Morgan fingerprint density at radius 3 is 2.61 bits per heavy atom. The zero-order chi connectivity index (χ0) is 13.0. The van der Waals surface area contributed by atoms with Crippen LogP contribution in [0.4, 0.5) is 0 Å². The van der Waals surface area contributed by atoms with Gasteiger partial charge in [0.1, 0.15) is 5.82 Å². The van der Waals surface area contributed by atoms with E-state index in [-0.39, 0.29) is 6.61 Å². The van der Waals surface area contributed by atoms with Crippen LogP contribution in [-0.4, -0.2) is 14.7 Å². The van der Waals surface area contributed by atoms with E-state index in [1.165, 1.54) is 5.56 Å². The molecule has 2 rings (SSSR count). The molecule has 0 aliphatic carbocycles. The van der Waals surface area contributed by atoms with Gasteiger partial charge >= 0.3 is 0 Å². The molecule has 1 aromatic heterocycles. The smallest absolute Gasteiger partial charge is 0.140 e. The lowest BCUT2D eigenvalue weighted by Gasteiger charge is -2.08. The molecule has 0 saturated heterocycles. The minimum Gasteiger partial charge on any atom is -0.390 e. The van der Waals surface area contributed by atoms with E-state index >= 15 is 0 Å². The van der Waals surface area contributed by atoms with Crippen LogP contribution in [0.2, 0.25) is 0 Å². The van der Waals surface area contributed by atoms with Crippen LogP contribution in [0.1, 0.15) is 18.2 Å². The lowest BCUT2D eigenvalue weighted by Crippen LogP contribution is -2.03. The van der Waals surface area contributed by atoms with Gasteiger partial charge in [-0.05, 0) is 13.8 Å². The number of hydrogen-bond acceptors (Lipinski definition) is 2. The van der Waals surface area contributed by atoms with Crippen LogP contribution >= 0.6 is 0 Å². The predicted octanol–water partition coefficient (Wildman–Crippen LogP) is 2.93. The molecule has 94 valence electrons. The Morgan fingerprint density at radius 1 is 1.28 bits per heavy atom. The molecule has 18 heavy (non-hydrogen) atoms. The van der Waals surface area contributed by atoms with Gasteiger partial charge < -0.3 is 9.67 Å². The maximum absolute atomic E-state index is 9.34. The first-order chi connectivity index (χ1) is 8.76. The summed E-state index contributed by atoms with van der Waals surface area (Å²) in [5.41, 5.74) is 3.14. The highest BCUT2D eigenvalue weighted by molar-refractivity contribution is 5.56. The van der Waals surface area contributed by atoms with Crippen molar-refractivity contribution < 1.29 is 5.11 Å². The number of nitrogens with zero attached hydrogens (tertiary/aromatic N) is 2. The summed E-state index contributed by atoms with van der Waals surface area (Å²) in [6, 6.07) is 8.27. The van der Waals surface area contributed by atoms with Gasteiger partial charge in [-0.1, -0.05) is 42.0 Å². The molecule has 0 radical (unpaired) electrons. The van der Waals surface area contributed by atoms with E-state index < -0.39 is 0 Å². The molecule has 0 fully saturated rings. The Bertz CT molecular complexity index is 538. The van der Waals surface area contributed by atoms with Gasteiger partial charge in [0.2, 0.25) is 0 Å². The summed E-state index contributed by atoms with van der Waals surface area (Å²) in [4.78, 5) is 4.41. The fourth-order valence-electron chi connectivity index (χ4n) is 1.88. The summed E-state index contributed by atoms with van der Waals surface area (Å²) >= 11 is 0. The Balaban J connectivity index is 2.43. The minimum atomic E-state index is 0.0103. The second-order valence-electron chi connectivity index (χ2n) is 4.28. The van der Waals surface area contributed by atoms with Gasteiger partial charge in [-0.15, -0.1) is 0 Å². The van der Waals surface area contributed by atoms with Gasteiger partial charge in [0.05, 0.1) is 18.5 Å². The zero-order valence-electron chi connectivity index (χ0n) is 10.8. The van der Waals surface area contributed by atoms with Gasteiger partial charge in [-0.25, -0.2) is 4.98 Å². The van der Waals surface area contributed by atoms with Crippen LogP contribution in [0.5, 0.6) is 0 Å². The number of allylic oxidation sites excluding steroid dienone is 2. The third-order valence-electron chi connectivity index (χ3n) is 2.93. The second kappa shape index (κ2) is 5.65. The van der Waals surface area contributed by atoms with Gasteiger partial charge in [-0.3, -0.25) is 0 Å². The lowest BCUT2D eigenvalue weighted by atomic mass is 10.1. The Kier molecular flexibility index (Phi) is 3.95. The quantitative estimate of drug-likeness (QED) is 0.837. The van der Waals surface area contributed by atoms with Crippen molar-refractivity contribution in [2.45, 2.75) is 27.0 Å². The number of aliphatic hydroxyl groups excluding tert-OH is 1. The highest BCUT2D eigenvalue weighted by Crippen LogP contribution is 2.20. The average Bonchev–Trinajstić information content (AvgIpc) is 2.80. The fourth-order valence-corrected chi connectivity index (χ4v) is 1.88. The van der Waals surface area contributed by atoms with Crippen molar-refractivity contribution in [3.05, 3.63) is 53.9 Å². The van der Waals surface area contributed by atoms with Gasteiger partial charge in [0.25, 0.3) is 0 Å². The Morgan fingerprint density at radius 2 is 2.00 bits per heavy atom. The van der Waals surface area contributed by atoms with Crippen LogP contribution in [0.3, 0.4) is 0 Å². The van der Waals surface area contributed by atoms with Crippen molar-refractivity contribution in [3.8, 4) is 11.4 Å². The van der Waals surface area contributed by atoms with Crippen LogP contribution < -0.4 is 0 Å². The van der Waals surface area contributed by atoms with Crippen molar-refractivity contribution in [1.82, 2.24) is 9.55 Å². The zero-order valence-corrected chi connectivity index (χ0v) is 10.8. The molecule has 0 spiro atoms. The highest BCUT2D eigenvalue weighted by atomic mass is 16.3. The average molecular weight is 242 g/mol. The third kappa shape index (κ3) is 2.51. The second-order valence-corrected chi connectivity index (χ2v) is 4.28. The number of aliphatic hydroxyl groups is 1. The molecule has 3 heteroatoms. The van der Waals surface area contributed by atoms with E-state index in [9.17, 15) is 5.11 Å². The fraction of sp³-hybridized carbons (Fsp3) is 0.267. The summed E-state index contributed by atoms with van der Waals surface area (Å²) in [5.74, 6) is 0.900. The maximum Gasteiger partial charge on any atom is 0.140 e. The summed E-state index contributed by atoms with van der Waals surface area (Å²) in [6.45, 7) is 4.79. The molecule has 2 aromatic rings. The summed E-state index contributed by atoms with van der Waals surface area (Å²) < 4.78 is 2.03. The standard InChI is InChI=1S/C15H18N2O/c1-3-4-9-17-14(11-18)10-16-15(17)13-7-5-12(2)6-8-13/h3-8,10,18H,9,11H2,1-2H3/b4-3+. The SMILES string of the molecule is C/C=C/Cn1c(CO)cnc1-c1ccc(C)cc1. The summed E-state index contributed by atoms with van der Waals surface area (Å²) in [7, 11) is 0. The first-order valence-corrected chi connectivity index (χ1v) is 6.09. The first-order valence-electron chi connectivity index (χ1n) is 6.09. The van der Waals surface area contributed by atoms with Gasteiger partial charge in [-0.2, -0.15) is 0 Å². The number of rotatable bonds is 4. The van der Waals surface area contributed by atoms with E-state index in [0.717, 1.165) is 23.6 Å². The summed E-state index contributed by atoms with van der Waals surface area (Å²) in [6.07, 6.45) is 5.79. The minimum absolute atomic E-state index is 0.0103. The van der Waals surface area contributed by atoms with Crippen molar-refractivity contribution in [3.63, 3.8) is 0 Å². The van der Waals surface area contributed by atoms with Crippen molar-refractivity contribution in [1.29, 1.82) is 0 Å².